The first-order chi connectivity index (χ1) is 17.8. The first-order valence-corrected chi connectivity index (χ1v) is 13.3. The molecule has 37 heavy (non-hydrogen) atoms. The standard InChI is InChI=1S/C15H16N4OS2.C8H17FN2O.CH2F2/c1-10-15(22-11(2)19-10)13(16-3)8-21-9-18-14-5-4-12(7-20)6-17-14;1-10-4-5-11(3-2-6-12)7-8(10)9;2-1-3/h4-8H,3,9H2,1-2H3,(H,17,18);8,12H,2-7H2,1H3;1H2/b13-8-;;. The van der Waals surface area contributed by atoms with E-state index in [1.54, 1.807) is 47.2 Å². The molecule has 0 amide bonds. The molecule has 1 aliphatic heterocycles. The van der Waals surface area contributed by atoms with Crippen LogP contribution in [0.5, 0.6) is 0 Å². The van der Waals surface area contributed by atoms with Crippen LogP contribution in [0, 0.1) is 13.8 Å². The van der Waals surface area contributed by atoms with Crippen LogP contribution in [0.4, 0.5) is 19.0 Å². The zero-order chi connectivity index (χ0) is 27.6. The molecule has 0 aromatic carbocycles. The second-order valence-corrected chi connectivity index (χ2v) is 9.85. The van der Waals surface area contributed by atoms with Gasteiger partial charge in [0.2, 0.25) is 6.93 Å². The van der Waals surface area contributed by atoms with E-state index in [0.29, 0.717) is 18.0 Å². The minimum absolute atomic E-state index is 0.198. The number of nitrogens with zero attached hydrogens (tertiary/aromatic N) is 5. The quantitative estimate of drug-likeness (QED) is 0.144. The number of rotatable bonds is 10. The smallest absolute Gasteiger partial charge is 0.229 e. The number of aliphatic hydroxyl groups excluding tert-OH is 1. The molecule has 1 fully saturated rings. The molecule has 1 unspecified atom stereocenters. The van der Waals surface area contributed by atoms with Gasteiger partial charge in [-0.05, 0) is 51.6 Å². The number of aromatic nitrogens is 2. The Labute approximate surface area is 224 Å². The molecule has 1 saturated heterocycles. The van der Waals surface area contributed by atoms with E-state index in [0.717, 1.165) is 59.4 Å². The van der Waals surface area contributed by atoms with Crippen molar-refractivity contribution in [3.63, 3.8) is 0 Å². The number of thiazole rings is 1. The summed E-state index contributed by atoms with van der Waals surface area (Å²) in [5, 5.41) is 14.7. The number of aliphatic imine (C=N–C) groups is 1. The molecule has 0 radical (unpaired) electrons. The molecule has 2 N–H and O–H groups in total. The first-order valence-electron chi connectivity index (χ1n) is 11.5. The maximum Gasteiger partial charge on any atom is 0.229 e. The summed E-state index contributed by atoms with van der Waals surface area (Å²) in [5.41, 5.74) is 2.37. The number of halogens is 3. The van der Waals surface area contributed by atoms with Crippen molar-refractivity contribution < 1.29 is 23.1 Å². The summed E-state index contributed by atoms with van der Waals surface area (Å²) < 4.78 is 32.3. The zero-order valence-corrected chi connectivity index (χ0v) is 23.0. The van der Waals surface area contributed by atoms with Gasteiger partial charge in [-0.25, -0.2) is 23.1 Å². The van der Waals surface area contributed by atoms with E-state index in [9.17, 15) is 18.0 Å². The maximum absolute atomic E-state index is 13.1. The minimum Gasteiger partial charge on any atom is -0.396 e. The number of alkyl halides is 3. The average molecular weight is 561 g/mol. The highest BCUT2D eigenvalue weighted by atomic mass is 32.2. The third-order valence-corrected chi connectivity index (χ3v) is 6.85. The Hall–Kier alpha value is -2.32. The van der Waals surface area contributed by atoms with Gasteiger partial charge in [-0.1, -0.05) is 0 Å². The Morgan fingerprint density at radius 2 is 2.11 bits per heavy atom. The van der Waals surface area contributed by atoms with Crippen LogP contribution in [0.3, 0.4) is 0 Å². The number of carbonyl (C=O) groups excluding carboxylic acids is 1. The van der Waals surface area contributed by atoms with Crippen molar-refractivity contribution in [2.24, 2.45) is 4.99 Å². The number of pyridine rings is 1. The summed E-state index contributed by atoms with van der Waals surface area (Å²) in [6, 6.07) is 3.50. The van der Waals surface area contributed by atoms with Gasteiger partial charge in [0.05, 0.1) is 27.2 Å². The Kier molecular flexibility index (Phi) is 16.7. The Morgan fingerprint density at radius 3 is 2.62 bits per heavy atom. The third-order valence-electron chi connectivity index (χ3n) is 5.05. The van der Waals surface area contributed by atoms with E-state index in [4.69, 9.17) is 5.11 Å². The predicted octanol–water partition coefficient (Wildman–Crippen LogP) is 4.56. The fraction of sp³-hybridized carbons (Fsp3) is 0.500. The number of piperazine rings is 1. The molecule has 1 aliphatic rings. The predicted molar refractivity (Wildman–Crippen MR) is 148 cm³/mol. The van der Waals surface area contributed by atoms with Crippen LogP contribution in [0.25, 0.3) is 5.70 Å². The summed E-state index contributed by atoms with van der Waals surface area (Å²) >= 11 is 3.18. The number of aryl methyl sites for hydroxylation is 2. The topological polar surface area (TPSA) is 94.0 Å². The second-order valence-electron chi connectivity index (χ2n) is 7.78. The van der Waals surface area contributed by atoms with Crippen LogP contribution in [0.2, 0.25) is 0 Å². The number of thioether (sulfide) groups is 1. The summed E-state index contributed by atoms with van der Waals surface area (Å²) in [6.45, 7) is 9.01. The molecule has 0 spiro atoms. The molecular formula is C24H35F3N6O2S2. The second kappa shape index (κ2) is 18.9. The average Bonchev–Trinajstić information content (AvgIpc) is 3.23. The fourth-order valence-corrected chi connectivity index (χ4v) is 4.77. The van der Waals surface area contributed by atoms with Crippen molar-refractivity contribution >= 4 is 47.6 Å². The van der Waals surface area contributed by atoms with E-state index in [-0.39, 0.29) is 6.61 Å². The lowest BCUT2D eigenvalue weighted by atomic mass is 10.3. The molecule has 13 heteroatoms. The molecule has 2 aromatic rings. The van der Waals surface area contributed by atoms with Gasteiger partial charge < -0.3 is 10.4 Å². The van der Waals surface area contributed by atoms with Crippen LogP contribution in [-0.4, -0.2) is 96.8 Å². The molecule has 206 valence electrons. The van der Waals surface area contributed by atoms with E-state index < -0.39 is 13.2 Å². The number of aliphatic hydroxyl groups is 1. The number of carbonyl (C=O) groups is 1. The largest absolute Gasteiger partial charge is 0.396 e. The minimum atomic E-state index is -1.75. The summed E-state index contributed by atoms with van der Waals surface area (Å²) in [5.74, 6) is 1.37. The highest BCUT2D eigenvalue weighted by Crippen LogP contribution is 2.28. The van der Waals surface area contributed by atoms with Gasteiger partial charge in [0, 0.05) is 44.5 Å². The van der Waals surface area contributed by atoms with Crippen molar-refractivity contribution in [2.45, 2.75) is 26.6 Å². The molecule has 1 atom stereocenters. The monoisotopic (exact) mass is 560 g/mol. The van der Waals surface area contributed by atoms with Crippen molar-refractivity contribution in [3.8, 4) is 0 Å². The van der Waals surface area contributed by atoms with Crippen LogP contribution >= 0.6 is 23.1 Å². The van der Waals surface area contributed by atoms with E-state index >= 15 is 0 Å². The van der Waals surface area contributed by atoms with Gasteiger partial charge in [0.1, 0.15) is 5.82 Å². The van der Waals surface area contributed by atoms with Crippen LogP contribution in [-0.2, 0) is 0 Å². The van der Waals surface area contributed by atoms with E-state index in [2.05, 4.69) is 31.9 Å². The van der Waals surface area contributed by atoms with Crippen molar-refractivity contribution in [3.05, 3.63) is 44.9 Å². The van der Waals surface area contributed by atoms with Crippen molar-refractivity contribution in [1.82, 2.24) is 19.8 Å². The van der Waals surface area contributed by atoms with Gasteiger partial charge in [0.25, 0.3) is 0 Å². The Bertz CT molecular complexity index is 960. The summed E-state index contributed by atoms with van der Waals surface area (Å²) in [7, 11) is 1.80. The normalized spacial score (nSPS) is 16.2. The lowest BCUT2D eigenvalue weighted by molar-refractivity contribution is 0.0160. The van der Waals surface area contributed by atoms with Crippen molar-refractivity contribution in [1.29, 1.82) is 0 Å². The van der Waals surface area contributed by atoms with Crippen LogP contribution in [0.15, 0.2) is 28.7 Å². The summed E-state index contributed by atoms with van der Waals surface area (Å²) in [4.78, 5) is 28.0. The Morgan fingerprint density at radius 1 is 1.38 bits per heavy atom. The number of hydrogen-bond donors (Lipinski definition) is 2. The van der Waals surface area contributed by atoms with Gasteiger partial charge in [-0.3, -0.25) is 19.6 Å². The third kappa shape index (κ3) is 12.7. The summed E-state index contributed by atoms with van der Waals surface area (Å²) in [6.07, 6.45) is 2.22. The lowest BCUT2D eigenvalue weighted by Gasteiger charge is -2.35. The number of hydrogen-bond acceptors (Lipinski definition) is 10. The number of aldehydes is 1. The first kappa shape index (κ1) is 32.7. The number of nitrogens with one attached hydrogen (secondary N) is 1. The van der Waals surface area contributed by atoms with Crippen LogP contribution < -0.4 is 5.32 Å². The van der Waals surface area contributed by atoms with Gasteiger partial charge in [-0.15, -0.1) is 23.1 Å². The van der Waals surface area contributed by atoms with Gasteiger partial charge >= 0.3 is 0 Å². The molecule has 8 nitrogen and oxygen atoms in total. The van der Waals surface area contributed by atoms with Gasteiger partial charge in [0.15, 0.2) is 12.6 Å². The Balaban J connectivity index is 0.000000383. The van der Waals surface area contributed by atoms with E-state index in [1.807, 2.05) is 19.3 Å². The lowest BCUT2D eigenvalue weighted by Crippen LogP contribution is -2.49. The molecule has 2 aromatic heterocycles. The molecule has 3 rings (SSSR count). The zero-order valence-electron chi connectivity index (χ0n) is 21.4. The van der Waals surface area contributed by atoms with E-state index in [1.165, 1.54) is 6.20 Å². The molecule has 0 saturated carbocycles. The molecular weight excluding hydrogens is 525 g/mol. The van der Waals surface area contributed by atoms with Crippen LogP contribution in [0.1, 0.15) is 32.4 Å². The fourth-order valence-electron chi connectivity index (χ4n) is 3.13. The number of likely N-dealkylation sites (N-methyl/N-ethyl adjacent to an activating group) is 1. The molecule has 0 aliphatic carbocycles. The van der Waals surface area contributed by atoms with Crippen molar-refractivity contribution in [2.75, 3.05) is 58.0 Å². The molecule has 0 bridgehead atoms. The molecule has 3 heterocycles. The highest BCUT2D eigenvalue weighted by Gasteiger charge is 2.22. The highest BCUT2D eigenvalue weighted by molar-refractivity contribution is 8.02. The maximum atomic E-state index is 13.1. The number of anilines is 1. The van der Waals surface area contributed by atoms with Gasteiger partial charge in [-0.2, -0.15) is 0 Å². The SMILES string of the molecule is C=N/C(=C\SCNc1ccc(C=O)cn1)c1sc(C)nc1C.CN1CCN(CCCO)CC1F.FCF.